The predicted octanol–water partition coefficient (Wildman–Crippen LogP) is 5.77. The van der Waals surface area contributed by atoms with Crippen LogP contribution in [0.3, 0.4) is 0 Å². The van der Waals surface area contributed by atoms with Gasteiger partial charge in [-0.1, -0.05) is 42.5 Å². The van der Waals surface area contributed by atoms with Crippen LogP contribution in [0.25, 0.3) is 10.2 Å². The Labute approximate surface area is 202 Å². The average molecular weight is 471 g/mol. The Morgan fingerprint density at radius 3 is 2.26 bits per heavy atom. The summed E-state index contributed by atoms with van der Waals surface area (Å²) in [5.74, 6) is -0.0785. The lowest BCUT2D eigenvalue weighted by Gasteiger charge is -2.31. The standard InChI is InChI=1S/C27H26N4O2S/c32-26(20-14-16-31(17-15-20)27(33)29-21-6-2-1-3-7-21)28-22-12-10-19(11-13-22)18-25-30-23-8-4-5-9-24(23)34-25/h1-13,20H,14-18H2,(H,28,32)(H,29,33). The van der Waals surface area contributed by atoms with Crippen molar-refractivity contribution in [3.05, 3.63) is 89.4 Å². The van der Waals surface area contributed by atoms with Crippen LogP contribution in [-0.4, -0.2) is 34.9 Å². The largest absolute Gasteiger partial charge is 0.326 e. The average Bonchev–Trinajstić information content (AvgIpc) is 3.28. The van der Waals surface area contributed by atoms with Crippen LogP contribution >= 0.6 is 11.3 Å². The van der Waals surface area contributed by atoms with E-state index in [1.54, 1.807) is 16.2 Å². The molecule has 2 heterocycles. The minimum absolute atomic E-state index is 0.0158. The number of anilines is 2. The lowest BCUT2D eigenvalue weighted by atomic mass is 9.96. The molecule has 0 aliphatic carbocycles. The third-order valence-corrected chi connectivity index (χ3v) is 7.13. The molecule has 1 aromatic heterocycles. The fourth-order valence-electron chi connectivity index (χ4n) is 4.19. The molecule has 0 radical (unpaired) electrons. The molecule has 1 saturated heterocycles. The van der Waals surface area contributed by atoms with Crippen molar-refractivity contribution in [2.75, 3.05) is 23.7 Å². The van der Waals surface area contributed by atoms with Crippen molar-refractivity contribution in [3.63, 3.8) is 0 Å². The summed E-state index contributed by atoms with van der Waals surface area (Å²) in [6.07, 6.45) is 2.09. The fourth-order valence-corrected chi connectivity index (χ4v) is 5.19. The van der Waals surface area contributed by atoms with Crippen molar-refractivity contribution >= 4 is 44.9 Å². The van der Waals surface area contributed by atoms with E-state index in [-0.39, 0.29) is 17.9 Å². The van der Waals surface area contributed by atoms with Gasteiger partial charge in [-0.2, -0.15) is 0 Å². The monoisotopic (exact) mass is 470 g/mol. The summed E-state index contributed by atoms with van der Waals surface area (Å²) in [5, 5.41) is 7.03. The zero-order valence-corrected chi connectivity index (χ0v) is 19.6. The molecule has 1 aliphatic heterocycles. The van der Waals surface area contributed by atoms with Gasteiger partial charge in [0.2, 0.25) is 5.91 Å². The molecule has 1 fully saturated rings. The smallest absolute Gasteiger partial charge is 0.321 e. The molecule has 6 nitrogen and oxygen atoms in total. The van der Waals surface area contributed by atoms with Crippen LogP contribution < -0.4 is 10.6 Å². The molecule has 3 aromatic carbocycles. The Hall–Kier alpha value is -3.71. The highest BCUT2D eigenvalue weighted by Crippen LogP contribution is 2.25. The summed E-state index contributed by atoms with van der Waals surface area (Å²) in [5.41, 5.74) is 3.77. The number of thiazole rings is 1. The highest BCUT2D eigenvalue weighted by molar-refractivity contribution is 7.18. The van der Waals surface area contributed by atoms with E-state index in [1.807, 2.05) is 72.8 Å². The second kappa shape index (κ2) is 10.1. The number of para-hydroxylation sites is 2. The second-order valence-electron chi connectivity index (χ2n) is 8.50. The first-order valence-electron chi connectivity index (χ1n) is 11.5. The maximum absolute atomic E-state index is 12.8. The van der Waals surface area contributed by atoms with E-state index in [9.17, 15) is 9.59 Å². The summed E-state index contributed by atoms with van der Waals surface area (Å²) in [7, 11) is 0. The molecule has 3 amide bonds. The number of urea groups is 1. The van der Waals surface area contributed by atoms with E-state index in [0.29, 0.717) is 25.9 Å². The van der Waals surface area contributed by atoms with E-state index in [1.165, 1.54) is 4.70 Å². The lowest BCUT2D eigenvalue weighted by Crippen LogP contribution is -2.43. The number of piperidine rings is 1. The number of hydrogen-bond donors (Lipinski definition) is 2. The van der Waals surface area contributed by atoms with Crippen molar-refractivity contribution in [3.8, 4) is 0 Å². The number of amides is 3. The van der Waals surface area contributed by atoms with E-state index >= 15 is 0 Å². The van der Waals surface area contributed by atoms with E-state index in [4.69, 9.17) is 4.98 Å². The summed E-state index contributed by atoms with van der Waals surface area (Å²) in [4.78, 5) is 31.7. The number of hydrogen-bond acceptors (Lipinski definition) is 4. The number of carbonyl (C=O) groups is 2. The maximum atomic E-state index is 12.8. The summed E-state index contributed by atoms with van der Waals surface area (Å²) < 4.78 is 1.20. The highest BCUT2D eigenvalue weighted by atomic mass is 32.1. The van der Waals surface area contributed by atoms with Gasteiger partial charge in [0, 0.05) is 36.8 Å². The molecule has 0 unspecified atom stereocenters. The molecule has 0 bridgehead atoms. The molecule has 0 atom stereocenters. The van der Waals surface area contributed by atoms with E-state index < -0.39 is 0 Å². The summed E-state index contributed by atoms with van der Waals surface area (Å²) in [6.45, 7) is 1.13. The fraction of sp³-hybridized carbons (Fsp3) is 0.222. The topological polar surface area (TPSA) is 74.3 Å². The van der Waals surface area contributed by atoms with Gasteiger partial charge in [0.25, 0.3) is 0 Å². The Morgan fingerprint density at radius 1 is 0.853 bits per heavy atom. The lowest BCUT2D eigenvalue weighted by molar-refractivity contribution is -0.121. The molecule has 2 N–H and O–H groups in total. The SMILES string of the molecule is O=C(Nc1ccc(Cc2nc3ccccc3s2)cc1)C1CCN(C(=O)Nc2ccccc2)CC1. The van der Waals surface area contributed by atoms with Crippen molar-refractivity contribution < 1.29 is 9.59 Å². The van der Waals surface area contributed by atoms with Gasteiger partial charge >= 0.3 is 6.03 Å². The number of benzene rings is 3. The van der Waals surface area contributed by atoms with Crippen LogP contribution in [0.1, 0.15) is 23.4 Å². The van der Waals surface area contributed by atoms with Gasteiger partial charge in [0.15, 0.2) is 0 Å². The Morgan fingerprint density at radius 2 is 1.53 bits per heavy atom. The van der Waals surface area contributed by atoms with Crippen LogP contribution in [-0.2, 0) is 11.2 Å². The first kappa shape index (κ1) is 22.1. The second-order valence-corrected chi connectivity index (χ2v) is 9.61. The van der Waals surface area contributed by atoms with Gasteiger partial charge in [-0.3, -0.25) is 4.79 Å². The van der Waals surface area contributed by atoms with Crippen LogP contribution in [0, 0.1) is 5.92 Å². The van der Waals surface area contributed by atoms with Gasteiger partial charge < -0.3 is 15.5 Å². The molecular weight excluding hydrogens is 444 g/mol. The molecule has 7 heteroatoms. The molecular formula is C27H26N4O2S. The third-order valence-electron chi connectivity index (χ3n) is 6.09. The van der Waals surface area contributed by atoms with Crippen molar-refractivity contribution in [2.24, 2.45) is 5.92 Å². The van der Waals surface area contributed by atoms with E-state index in [0.717, 1.165) is 33.9 Å². The highest BCUT2D eigenvalue weighted by Gasteiger charge is 2.27. The summed E-state index contributed by atoms with van der Waals surface area (Å²) >= 11 is 1.71. The summed E-state index contributed by atoms with van der Waals surface area (Å²) in [6, 6.07) is 25.4. The van der Waals surface area contributed by atoms with Crippen molar-refractivity contribution in [2.45, 2.75) is 19.3 Å². The third kappa shape index (κ3) is 5.26. The number of aromatic nitrogens is 1. The van der Waals surface area contributed by atoms with E-state index in [2.05, 4.69) is 16.7 Å². The molecule has 5 rings (SSSR count). The molecule has 0 saturated carbocycles. The van der Waals surface area contributed by atoms with Crippen LogP contribution in [0.4, 0.5) is 16.2 Å². The first-order chi connectivity index (χ1) is 16.6. The van der Waals surface area contributed by atoms with Crippen molar-refractivity contribution in [1.82, 2.24) is 9.88 Å². The normalized spacial score (nSPS) is 14.2. The number of rotatable bonds is 5. The minimum Gasteiger partial charge on any atom is -0.326 e. The Bertz CT molecular complexity index is 1250. The number of fused-ring (bicyclic) bond motifs is 1. The molecule has 34 heavy (non-hydrogen) atoms. The Kier molecular flexibility index (Phi) is 6.53. The zero-order valence-electron chi connectivity index (χ0n) is 18.7. The minimum atomic E-state index is -0.117. The Balaban J connectivity index is 1.11. The molecule has 172 valence electrons. The molecule has 0 spiro atoms. The number of likely N-dealkylation sites (tertiary alicyclic amines) is 1. The zero-order chi connectivity index (χ0) is 23.3. The van der Waals surface area contributed by atoms with Crippen LogP contribution in [0.5, 0.6) is 0 Å². The number of nitrogens with one attached hydrogen (secondary N) is 2. The van der Waals surface area contributed by atoms with Gasteiger partial charge in [-0.05, 0) is 54.8 Å². The molecule has 4 aromatic rings. The van der Waals surface area contributed by atoms with Crippen molar-refractivity contribution in [1.29, 1.82) is 0 Å². The van der Waals surface area contributed by atoms with Crippen LogP contribution in [0.2, 0.25) is 0 Å². The number of carbonyl (C=O) groups excluding carboxylic acids is 2. The quantitative estimate of drug-likeness (QED) is 0.389. The first-order valence-corrected chi connectivity index (χ1v) is 12.3. The maximum Gasteiger partial charge on any atom is 0.321 e. The van der Waals surface area contributed by atoms with Gasteiger partial charge in [-0.25, -0.2) is 9.78 Å². The number of nitrogens with zero attached hydrogens (tertiary/aromatic N) is 2. The van der Waals surface area contributed by atoms with Gasteiger partial charge in [-0.15, -0.1) is 11.3 Å². The van der Waals surface area contributed by atoms with Crippen LogP contribution in [0.15, 0.2) is 78.9 Å². The molecule has 1 aliphatic rings. The van der Waals surface area contributed by atoms with Gasteiger partial charge in [0.05, 0.1) is 15.2 Å². The van der Waals surface area contributed by atoms with Gasteiger partial charge in [0.1, 0.15) is 0 Å². The predicted molar refractivity (Wildman–Crippen MR) is 137 cm³/mol.